The number of halogens is 1. The van der Waals surface area contributed by atoms with E-state index in [2.05, 4.69) is 15.1 Å². The van der Waals surface area contributed by atoms with Crippen LogP contribution in [-0.2, 0) is 13.6 Å². The number of fused-ring (bicyclic) bond motifs is 3. The van der Waals surface area contributed by atoms with Crippen molar-refractivity contribution < 1.29 is 4.39 Å². The van der Waals surface area contributed by atoms with E-state index >= 15 is 0 Å². The van der Waals surface area contributed by atoms with Gasteiger partial charge in [0, 0.05) is 7.05 Å². The summed E-state index contributed by atoms with van der Waals surface area (Å²) >= 11 is 0. The van der Waals surface area contributed by atoms with E-state index in [0.29, 0.717) is 17.7 Å². The lowest BCUT2D eigenvalue weighted by Gasteiger charge is -2.31. The fraction of sp³-hybridized carbons (Fsp3) is 0.318. The number of benzene rings is 2. The van der Waals surface area contributed by atoms with Crippen LogP contribution in [0.3, 0.4) is 0 Å². The van der Waals surface area contributed by atoms with Gasteiger partial charge in [-0.3, -0.25) is 18.7 Å². The van der Waals surface area contributed by atoms with E-state index in [1.165, 1.54) is 0 Å². The molecule has 0 bridgehead atoms. The zero-order valence-electron chi connectivity index (χ0n) is 16.3. The molecule has 6 nitrogen and oxygen atoms in total. The maximum absolute atomic E-state index is 14.1. The zero-order chi connectivity index (χ0) is 20.0. The zero-order valence-corrected chi connectivity index (χ0v) is 16.3. The highest BCUT2D eigenvalue weighted by molar-refractivity contribution is 5.80. The molecule has 0 N–H and O–H groups in total. The number of piperidine rings is 1. The van der Waals surface area contributed by atoms with E-state index in [4.69, 9.17) is 0 Å². The van der Waals surface area contributed by atoms with E-state index in [1.54, 1.807) is 23.7 Å². The summed E-state index contributed by atoms with van der Waals surface area (Å²) in [6.45, 7) is 2.39. The first-order chi connectivity index (χ1) is 14.1. The molecule has 5 rings (SSSR count). The Balaban J connectivity index is 1.42. The summed E-state index contributed by atoms with van der Waals surface area (Å²) in [5, 5.41) is 9.31. The Morgan fingerprint density at radius 2 is 1.76 bits per heavy atom. The Labute approximate surface area is 167 Å². The highest BCUT2D eigenvalue weighted by Crippen LogP contribution is 2.30. The minimum atomic E-state index is -0.109. The Morgan fingerprint density at radius 1 is 1.03 bits per heavy atom. The predicted molar refractivity (Wildman–Crippen MR) is 109 cm³/mol. The highest BCUT2D eigenvalue weighted by Gasteiger charge is 2.24. The van der Waals surface area contributed by atoms with Crippen molar-refractivity contribution in [1.82, 2.24) is 24.1 Å². The fourth-order valence-electron chi connectivity index (χ4n) is 4.40. The van der Waals surface area contributed by atoms with Crippen molar-refractivity contribution in [2.24, 2.45) is 7.05 Å². The molecule has 29 heavy (non-hydrogen) atoms. The third-order valence-electron chi connectivity index (χ3n) is 5.99. The van der Waals surface area contributed by atoms with Crippen molar-refractivity contribution in [2.75, 3.05) is 13.1 Å². The lowest BCUT2D eigenvalue weighted by molar-refractivity contribution is 0.198. The van der Waals surface area contributed by atoms with E-state index in [1.807, 2.05) is 40.8 Å². The van der Waals surface area contributed by atoms with E-state index in [0.717, 1.165) is 42.8 Å². The topological polar surface area (TPSA) is 55.4 Å². The van der Waals surface area contributed by atoms with Crippen LogP contribution >= 0.6 is 0 Å². The number of likely N-dealkylation sites (tertiary alicyclic amines) is 1. The third-order valence-corrected chi connectivity index (χ3v) is 5.99. The molecular formula is C22H22FN5O. The standard InChI is InChI=1S/C22H22FN5O/c1-26-21(29)17-7-3-5-9-19(17)28-20(24-25-22(26)28)14-27-12-10-15(11-13-27)16-6-2-4-8-18(16)23/h2-9,15H,10-14H2,1H3. The first-order valence-corrected chi connectivity index (χ1v) is 9.92. The molecule has 0 aliphatic carbocycles. The third kappa shape index (κ3) is 3.02. The van der Waals surface area contributed by atoms with Gasteiger partial charge in [0.25, 0.3) is 5.56 Å². The Morgan fingerprint density at radius 3 is 2.55 bits per heavy atom. The molecule has 2 aromatic heterocycles. The molecule has 1 aliphatic heterocycles. The number of aryl methyl sites for hydroxylation is 1. The molecule has 1 saturated heterocycles. The summed E-state index contributed by atoms with van der Waals surface area (Å²) in [7, 11) is 1.72. The minimum absolute atomic E-state index is 0.0715. The van der Waals surface area contributed by atoms with Gasteiger partial charge in [-0.25, -0.2) is 4.39 Å². The average molecular weight is 391 g/mol. The van der Waals surface area contributed by atoms with Crippen molar-refractivity contribution in [1.29, 1.82) is 0 Å². The van der Waals surface area contributed by atoms with Crippen molar-refractivity contribution in [2.45, 2.75) is 25.3 Å². The molecule has 148 valence electrons. The number of nitrogens with zero attached hydrogens (tertiary/aromatic N) is 5. The van der Waals surface area contributed by atoms with Crippen molar-refractivity contribution >= 4 is 16.7 Å². The van der Waals surface area contributed by atoms with Gasteiger partial charge < -0.3 is 0 Å². The van der Waals surface area contributed by atoms with E-state index < -0.39 is 0 Å². The van der Waals surface area contributed by atoms with Crippen molar-refractivity contribution in [3.8, 4) is 0 Å². The van der Waals surface area contributed by atoms with Gasteiger partial charge in [-0.15, -0.1) is 10.2 Å². The lowest BCUT2D eigenvalue weighted by atomic mass is 9.89. The molecule has 0 atom stereocenters. The van der Waals surface area contributed by atoms with Crippen molar-refractivity contribution in [3.63, 3.8) is 0 Å². The summed E-state index contributed by atoms with van der Waals surface area (Å²) in [6, 6.07) is 14.6. The van der Waals surface area contributed by atoms with Gasteiger partial charge in [0.05, 0.1) is 17.4 Å². The van der Waals surface area contributed by atoms with Gasteiger partial charge in [-0.1, -0.05) is 30.3 Å². The van der Waals surface area contributed by atoms with Gasteiger partial charge in [-0.05, 0) is 55.6 Å². The first-order valence-electron chi connectivity index (χ1n) is 9.92. The molecule has 1 fully saturated rings. The molecule has 3 heterocycles. The van der Waals surface area contributed by atoms with Crippen LogP contribution < -0.4 is 5.56 Å². The summed E-state index contributed by atoms with van der Waals surface area (Å²) in [4.78, 5) is 14.9. The second-order valence-corrected chi connectivity index (χ2v) is 7.70. The van der Waals surface area contributed by atoms with Crippen LogP contribution in [0.4, 0.5) is 4.39 Å². The van der Waals surface area contributed by atoms with Crippen LogP contribution in [0.2, 0.25) is 0 Å². The predicted octanol–water partition coefficient (Wildman–Crippen LogP) is 3.10. The molecule has 0 radical (unpaired) electrons. The van der Waals surface area contributed by atoms with E-state index in [9.17, 15) is 9.18 Å². The number of para-hydroxylation sites is 1. The van der Waals surface area contributed by atoms with Crippen LogP contribution in [0.25, 0.3) is 16.7 Å². The smallest absolute Gasteiger partial charge is 0.262 e. The first kappa shape index (κ1) is 18.0. The Kier molecular flexibility index (Phi) is 4.39. The monoisotopic (exact) mass is 391 g/mol. The molecule has 4 aromatic rings. The molecule has 0 spiro atoms. The summed E-state index contributed by atoms with van der Waals surface area (Å²) < 4.78 is 17.6. The van der Waals surface area contributed by atoms with Crippen LogP contribution in [0.1, 0.15) is 30.1 Å². The van der Waals surface area contributed by atoms with Crippen LogP contribution in [0.15, 0.2) is 53.3 Å². The van der Waals surface area contributed by atoms with Gasteiger partial charge in [0.2, 0.25) is 5.78 Å². The number of rotatable bonds is 3. The molecule has 0 unspecified atom stereocenters. The minimum Gasteiger partial charge on any atom is -0.296 e. The van der Waals surface area contributed by atoms with E-state index in [-0.39, 0.29) is 17.3 Å². The normalized spacial score (nSPS) is 16.1. The molecule has 0 amide bonds. The van der Waals surface area contributed by atoms with Crippen LogP contribution in [0, 0.1) is 5.82 Å². The second kappa shape index (κ2) is 7.08. The largest absolute Gasteiger partial charge is 0.296 e. The lowest BCUT2D eigenvalue weighted by Crippen LogP contribution is -2.33. The van der Waals surface area contributed by atoms with Gasteiger partial charge in [-0.2, -0.15) is 0 Å². The maximum Gasteiger partial charge on any atom is 0.262 e. The molecule has 2 aromatic carbocycles. The maximum atomic E-state index is 14.1. The van der Waals surface area contributed by atoms with Gasteiger partial charge >= 0.3 is 0 Å². The number of hydrogen-bond donors (Lipinski definition) is 0. The highest BCUT2D eigenvalue weighted by atomic mass is 19.1. The quantitative estimate of drug-likeness (QED) is 0.539. The molecular weight excluding hydrogens is 369 g/mol. The molecule has 1 aliphatic rings. The summed E-state index contributed by atoms with van der Waals surface area (Å²) in [5.41, 5.74) is 1.57. The molecule has 7 heteroatoms. The number of aromatic nitrogens is 4. The Bertz CT molecular complexity index is 1250. The fourth-order valence-corrected chi connectivity index (χ4v) is 4.40. The number of hydrogen-bond acceptors (Lipinski definition) is 4. The van der Waals surface area contributed by atoms with Crippen LogP contribution in [-0.4, -0.2) is 37.2 Å². The van der Waals surface area contributed by atoms with Gasteiger partial charge in [0.1, 0.15) is 5.82 Å². The van der Waals surface area contributed by atoms with Gasteiger partial charge in [0.15, 0.2) is 5.82 Å². The average Bonchev–Trinajstić information content (AvgIpc) is 3.17. The SMILES string of the molecule is Cn1c(=O)c2ccccc2n2c(CN3CCC(c4ccccc4F)CC3)nnc12. The summed E-state index contributed by atoms with van der Waals surface area (Å²) in [5.74, 6) is 1.51. The second-order valence-electron chi connectivity index (χ2n) is 7.70. The van der Waals surface area contributed by atoms with Crippen LogP contribution in [0.5, 0.6) is 0 Å². The Hall–Kier alpha value is -3.06. The molecule has 0 saturated carbocycles. The van der Waals surface area contributed by atoms with Crippen molar-refractivity contribution in [3.05, 3.63) is 76.1 Å². The summed E-state index contributed by atoms with van der Waals surface area (Å²) in [6.07, 6.45) is 1.83.